The number of hydrogen-bond donors (Lipinski definition) is 1. The molecule has 1 aromatic carbocycles. The SMILES string of the molecule is CC1CN(Cc2ccc(C3CC3)cc2)CCN1.Cl. The predicted molar refractivity (Wildman–Crippen MR) is 78.4 cm³/mol. The number of piperazine rings is 1. The summed E-state index contributed by atoms with van der Waals surface area (Å²) in [7, 11) is 0. The van der Waals surface area contributed by atoms with Gasteiger partial charge < -0.3 is 5.32 Å². The summed E-state index contributed by atoms with van der Waals surface area (Å²) in [5, 5.41) is 3.49. The smallest absolute Gasteiger partial charge is 0.0234 e. The molecule has 0 amide bonds. The Kier molecular flexibility index (Phi) is 4.66. The standard InChI is InChI=1S/C15H22N2.ClH/c1-12-10-17(9-8-16-12)11-13-2-4-14(5-3-13)15-6-7-15;/h2-5,12,15-16H,6-11H2,1H3;1H. The molecule has 1 aliphatic heterocycles. The number of rotatable bonds is 3. The van der Waals surface area contributed by atoms with E-state index < -0.39 is 0 Å². The molecule has 1 aromatic rings. The zero-order valence-corrected chi connectivity index (χ0v) is 11.9. The van der Waals surface area contributed by atoms with Crippen LogP contribution in [0.15, 0.2) is 24.3 Å². The molecule has 1 N–H and O–H groups in total. The van der Waals surface area contributed by atoms with Gasteiger partial charge in [0.05, 0.1) is 0 Å². The summed E-state index contributed by atoms with van der Waals surface area (Å²) < 4.78 is 0. The molecule has 1 saturated heterocycles. The molecule has 1 atom stereocenters. The highest BCUT2D eigenvalue weighted by Gasteiger charge is 2.23. The van der Waals surface area contributed by atoms with Crippen LogP contribution in [0, 0.1) is 0 Å². The second-order valence-corrected chi connectivity index (χ2v) is 5.61. The Hall–Kier alpha value is -0.570. The third-order valence-corrected chi connectivity index (χ3v) is 3.89. The van der Waals surface area contributed by atoms with E-state index in [-0.39, 0.29) is 12.4 Å². The Morgan fingerprint density at radius 2 is 1.94 bits per heavy atom. The number of nitrogens with zero attached hydrogens (tertiary/aromatic N) is 1. The van der Waals surface area contributed by atoms with Gasteiger partial charge in [0.1, 0.15) is 0 Å². The minimum Gasteiger partial charge on any atom is -0.312 e. The maximum absolute atomic E-state index is 3.49. The first-order valence-corrected chi connectivity index (χ1v) is 6.86. The summed E-state index contributed by atoms with van der Waals surface area (Å²) in [6, 6.07) is 9.94. The molecular weight excluding hydrogens is 244 g/mol. The van der Waals surface area contributed by atoms with E-state index in [0.29, 0.717) is 6.04 Å². The molecule has 0 spiro atoms. The van der Waals surface area contributed by atoms with Gasteiger partial charge in [0.25, 0.3) is 0 Å². The van der Waals surface area contributed by atoms with E-state index in [1.165, 1.54) is 31.5 Å². The summed E-state index contributed by atoms with van der Waals surface area (Å²) in [4.78, 5) is 2.55. The number of nitrogens with one attached hydrogen (secondary N) is 1. The van der Waals surface area contributed by atoms with Gasteiger partial charge in [-0.05, 0) is 36.8 Å². The Morgan fingerprint density at radius 1 is 1.22 bits per heavy atom. The van der Waals surface area contributed by atoms with E-state index in [4.69, 9.17) is 0 Å². The fraction of sp³-hybridized carbons (Fsp3) is 0.600. The molecule has 100 valence electrons. The zero-order chi connectivity index (χ0) is 11.7. The molecule has 0 radical (unpaired) electrons. The molecule has 2 fully saturated rings. The van der Waals surface area contributed by atoms with Crippen molar-refractivity contribution in [2.24, 2.45) is 0 Å². The monoisotopic (exact) mass is 266 g/mol. The lowest BCUT2D eigenvalue weighted by Gasteiger charge is -2.31. The van der Waals surface area contributed by atoms with Crippen molar-refractivity contribution in [3.8, 4) is 0 Å². The minimum atomic E-state index is 0. The Bertz CT molecular complexity index is 373. The molecule has 0 bridgehead atoms. The van der Waals surface area contributed by atoms with Crippen molar-refractivity contribution in [1.82, 2.24) is 10.2 Å². The molecular formula is C15H23ClN2. The summed E-state index contributed by atoms with van der Waals surface area (Å²) in [5.74, 6) is 0.878. The third kappa shape index (κ3) is 3.47. The highest BCUT2D eigenvalue weighted by Crippen LogP contribution is 2.39. The summed E-state index contributed by atoms with van der Waals surface area (Å²) in [5.41, 5.74) is 3.01. The van der Waals surface area contributed by atoms with Crippen LogP contribution in [0.5, 0.6) is 0 Å². The molecule has 1 aliphatic carbocycles. The van der Waals surface area contributed by atoms with Crippen LogP contribution in [0.2, 0.25) is 0 Å². The molecule has 18 heavy (non-hydrogen) atoms. The fourth-order valence-electron chi connectivity index (χ4n) is 2.73. The van der Waals surface area contributed by atoms with Gasteiger partial charge in [0.15, 0.2) is 0 Å². The largest absolute Gasteiger partial charge is 0.312 e. The number of benzene rings is 1. The van der Waals surface area contributed by atoms with Crippen LogP contribution < -0.4 is 5.32 Å². The van der Waals surface area contributed by atoms with Gasteiger partial charge in [0.2, 0.25) is 0 Å². The van der Waals surface area contributed by atoms with Crippen molar-refractivity contribution in [1.29, 1.82) is 0 Å². The van der Waals surface area contributed by atoms with Crippen LogP contribution in [-0.4, -0.2) is 30.6 Å². The van der Waals surface area contributed by atoms with Gasteiger partial charge in [-0.3, -0.25) is 4.90 Å². The number of halogens is 1. The minimum absolute atomic E-state index is 0. The first-order chi connectivity index (χ1) is 8.31. The second kappa shape index (κ2) is 6.05. The molecule has 2 aliphatic rings. The number of hydrogen-bond acceptors (Lipinski definition) is 2. The van der Waals surface area contributed by atoms with Crippen LogP contribution in [0.3, 0.4) is 0 Å². The first-order valence-electron chi connectivity index (χ1n) is 6.86. The van der Waals surface area contributed by atoms with Crippen molar-refractivity contribution < 1.29 is 0 Å². The van der Waals surface area contributed by atoms with E-state index in [2.05, 4.69) is 41.4 Å². The topological polar surface area (TPSA) is 15.3 Å². The van der Waals surface area contributed by atoms with E-state index in [1.54, 1.807) is 5.56 Å². The maximum atomic E-state index is 3.49. The van der Waals surface area contributed by atoms with E-state index >= 15 is 0 Å². The average Bonchev–Trinajstić information content (AvgIpc) is 3.14. The van der Waals surface area contributed by atoms with Crippen molar-refractivity contribution in [2.45, 2.75) is 38.3 Å². The van der Waals surface area contributed by atoms with Crippen LogP contribution in [-0.2, 0) is 6.54 Å². The lowest BCUT2D eigenvalue weighted by atomic mass is 10.1. The lowest BCUT2D eigenvalue weighted by molar-refractivity contribution is 0.199. The fourth-order valence-corrected chi connectivity index (χ4v) is 2.73. The molecule has 1 saturated carbocycles. The van der Waals surface area contributed by atoms with Crippen molar-refractivity contribution in [3.05, 3.63) is 35.4 Å². The average molecular weight is 267 g/mol. The van der Waals surface area contributed by atoms with Gasteiger partial charge in [0, 0.05) is 32.2 Å². The van der Waals surface area contributed by atoms with Crippen LogP contribution in [0.4, 0.5) is 0 Å². The Labute approximate surface area is 116 Å². The second-order valence-electron chi connectivity index (χ2n) is 5.61. The maximum Gasteiger partial charge on any atom is 0.0234 e. The van der Waals surface area contributed by atoms with Crippen LogP contribution in [0.1, 0.15) is 36.8 Å². The molecule has 1 unspecified atom stereocenters. The zero-order valence-electron chi connectivity index (χ0n) is 11.1. The summed E-state index contributed by atoms with van der Waals surface area (Å²) >= 11 is 0. The molecule has 3 heteroatoms. The van der Waals surface area contributed by atoms with Gasteiger partial charge in [-0.25, -0.2) is 0 Å². The van der Waals surface area contributed by atoms with Gasteiger partial charge >= 0.3 is 0 Å². The van der Waals surface area contributed by atoms with Crippen LogP contribution >= 0.6 is 12.4 Å². The molecule has 3 rings (SSSR count). The highest BCUT2D eigenvalue weighted by molar-refractivity contribution is 5.85. The summed E-state index contributed by atoms with van der Waals surface area (Å²) in [6.45, 7) is 6.85. The predicted octanol–water partition coefficient (Wildman–Crippen LogP) is 2.78. The first kappa shape index (κ1) is 13.9. The third-order valence-electron chi connectivity index (χ3n) is 3.89. The van der Waals surface area contributed by atoms with Crippen molar-refractivity contribution >= 4 is 12.4 Å². The van der Waals surface area contributed by atoms with E-state index in [0.717, 1.165) is 19.0 Å². The molecule has 0 aromatic heterocycles. The van der Waals surface area contributed by atoms with Gasteiger partial charge in [-0.2, -0.15) is 0 Å². The summed E-state index contributed by atoms with van der Waals surface area (Å²) in [6.07, 6.45) is 2.79. The van der Waals surface area contributed by atoms with E-state index in [9.17, 15) is 0 Å². The Morgan fingerprint density at radius 3 is 2.56 bits per heavy atom. The van der Waals surface area contributed by atoms with Gasteiger partial charge in [-0.15, -0.1) is 12.4 Å². The van der Waals surface area contributed by atoms with Crippen molar-refractivity contribution in [3.63, 3.8) is 0 Å². The normalized spacial score (nSPS) is 24.6. The Balaban J connectivity index is 0.00000120. The lowest BCUT2D eigenvalue weighted by Crippen LogP contribution is -2.48. The van der Waals surface area contributed by atoms with Gasteiger partial charge in [-0.1, -0.05) is 24.3 Å². The quantitative estimate of drug-likeness (QED) is 0.905. The molecule has 2 nitrogen and oxygen atoms in total. The van der Waals surface area contributed by atoms with Crippen molar-refractivity contribution in [2.75, 3.05) is 19.6 Å². The van der Waals surface area contributed by atoms with Crippen LogP contribution in [0.25, 0.3) is 0 Å². The van der Waals surface area contributed by atoms with E-state index in [1.807, 2.05) is 0 Å². The molecule has 1 heterocycles. The highest BCUT2D eigenvalue weighted by atomic mass is 35.5.